The van der Waals surface area contributed by atoms with Gasteiger partial charge in [-0.2, -0.15) is 0 Å². The van der Waals surface area contributed by atoms with Crippen molar-refractivity contribution in [2.75, 3.05) is 39.5 Å². The molecule has 0 radical (unpaired) electrons. The van der Waals surface area contributed by atoms with Crippen molar-refractivity contribution in [3.8, 4) is 0 Å². The summed E-state index contributed by atoms with van der Waals surface area (Å²) in [6, 6.07) is 0. The predicted molar refractivity (Wildman–Crippen MR) is 223 cm³/mol. The van der Waals surface area contributed by atoms with E-state index in [1.54, 1.807) is 0 Å². The van der Waals surface area contributed by atoms with Crippen LogP contribution in [0.25, 0.3) is 0 Å². The van der Waals surface area contributed by atoms with Crippen molar-refractivity contribution in [3.63, 3.8) is 0 Å². The number of nitrogens with one attached hydrogen (secondary N) is 1. The number of hydrogen-bond donors (Lipinski definition) is 3. The maximum atomic E-state index is 12.6. The van der Waals surface area contributed by atoms with Crippen molar-refractivity contribution in [1.82, 2.24) is 5.32 Å². The Balaban J connectivity index is 4.35. The molecule has 0 spiro atoms. The number of unbranched alkanes of at least 4 members (excludes halogenated alkanes) is 22. The second kappa shape index (κ2) is 41.1. The summed E-state index contributed by atoms with van der Waals surface area (Å²) < 4.78 is 33.4. The normalized spacial score (nSPS) is 13.5. The van der Waals surface area contributed by atoms with Gasteiger partial charge in [-0.25, -0.2) is 4.57 Å². The first-order valence-electron chi connectivity index (χ1n) is 22.0. The summed E-state index contributed by atoms with van der Waals surface area (Å²) in [5.41, 5.74) is 5.43. The van der Waals surface area contributed by atoms with Gasteiger partial charge in [-0.3, -0.25) is 18.6 Å². The Labute approximate surface area is 331 Å². The number of hydrogen-bond acceptors (Lipinski definition) is 9. The zero-order chi connectivity index (χ0) is 39.6. The van der Waals surface area contributed by atoms with Crippen molar-refractivity contribution < 1.29 is 37.6 Å². The molecule has 4 N–H and O–H groups in total. The fourth-order valence-corrected chi connectivity index (χ4v) is 6.73. The number of rotatable bonds is 42. The molecule has 0 aliphatic carbocycles. The second-order valence-corrected chi connectivity index (χ2v) is 16.1. The number of esters is 2. The first-order chi connectivity index (χ1) is 26.3. The Morgan fingerprint density at radius 3 is 1.48 bits per heavy atom. The molecule has 54 heavy (non-hydrogen) atoms. The van der Waals surface area contributed by atoms with Gasteiger partial charge in [0.2, 0.25) is 0 Å². The average Bonchev–Trinajstić information content (AvgIpc) is 3.15. The van der Waals surface area contributed by atoms with Crippen LogP contribution in [0.1, 0.15) is 194 Å². The van der Waals surface area contributed by atoms with Crippen molar-refractivity contribution in [2.45, 2.75) is 200 Å². The van der Waals surface area contributed by atoms with E-state index >= 15 is 0 Å². The van der Waals surface area contributed by atoms with Gasteiger partial charge in [0.15, 0.2) is 6.10 Å². The van der Waals surface area contributed by atoms with E-state index < -0.39 is 26.5 Å². The lowest BCUT2D eigenvalue weighted by atomic mass is 10.1. The van der Waals surface area contributed by atoms with Crippen molar-refractivity contribution in [2.24, 2.45) is 5.73 Å². The predicted octanol–water partition coefficient (Wildman–Crippen LogP) is 11.2. The van der Waals surface area contributed by atoms with Gasteiger partial charge in [0.25, 0.3) is 0 Å². The molecule has 0 aliphatic heterocycles. The molecule has 11 heteroatoms. The van der Waals surface area contributed by atoms with E-state index in [2.05, 4.69) is 43.5 Å². The van der Waals surface area contributed by atoms with Crippen molar-refractivity contribution in [3.05, 3.63) is 24.3 Å². The number of nitrogens with two attached hydrogens (primary N) is 1. The van der Waals surface area contributed by atoms with Gasteiger partial charge in [-0.05, 0) is 64.2 Å². The third-order valence-corrected chi connectivity index (χ3v) is 10.3. The molecule has 318 valence electrons. The maximum absolute atomic E-state index is 12.6. The number of ether oxygens (including phenoxy) is 2. The van der Waals surface area contributed by atoms with Gasteiger partial charge in [-0.1, -0.05) is 141 Å². The van der Waals surface area contributed by atoms with E-state index in [1.165, 1.54) is 89.9 Å². The Morgan fingerprint density at radius 2 is 1.02 bits per heavy atom. The fraction of sp³-hybridized carbons (Fsp3) is 0.860. The smallest absolute Gasteiger partial charge is 0.462 e. The number of phosphoric acid groups is 1. The number of phosphoric ester groups is 1. The molecule has 0 aromatic rings. The molecule has 0 rings (SSSR count). The minimum atomic E-state index is -4.40. The topological polar surface area (TPSA) is 146 Å². The monoisotopic (exact) mass is 787 g/mol. The van der Waals surface area contributed by atoms with Crippen LogP contribution in [0.3, 0.4) is 0 Å². The molecule has 0 aliphatic rings. The van der Waals surface area contributed by atoms with E-state index in [0.717, 1.165) is 70.6 Å². The van der Waals surface area contributed by atoms with Crippen LogP contribution >= 0.6 is 7.82 Å². The third-order valence-electron chi connectivity index (χ3n) is 9.29. The van der Waals surface area contributed by atoms with E-state index in [9.17, 15) is 19.0 Å². The summed E-state index contributed by atoms with van der Waals surface area (Å²) in [6.45, 7) is 5.08. The van der Waals surface area contributed by atoms with Gasteiger partial charge in [-0.15, -0.1) is 0 Å². The molecule has 0 aromatic carbocycles. The summed E-state index contributed by atoms with van der Waals surface area (Å²) in [5, 5.41) is 2.96. The van der Waals surface area contributed by atoms with E-state index in [0.29, 0.717) is 26.1 Å². The minimum absolute atomic E-state index is 0.0569. The highest BCUT2D eigenvalue weighted by Crippen LogP contribution is 2.43. The molecule has 2 atom stereocenters. The summed E-state index contributed by atoms with van der Waals surface area (Å²) in [6.07, 6.45) is 39.1. The third kappa shape index (κ3) is 40.1. The summed E-state index contributed by atoms with van der Waals surface area (Å²) >= 11 is 0. The van der Waals surface area contributed by atoms with E-state index in [1.807, 2.05) is 0 Å². The van der Waals surface area contributed by atoms with Crippen molar-refractivity contribution in [1.29, 1.82) is 0 Å². The molecule has 0 heterocycles. The SMILES string of the molecule is CCCCCCCC/C=C\CCCCCCCC(=O)OC[C@H](COP(=O)(O)OCCNCCN)OC(=O)CCCCCCC/C=C\CCCCCCCC. The number of carbonyl (C=O) groups is 2. The van der Waals surface area contributed by atoms with Crippen LogP contribution in [0.15, 0.2) is 24.3 Å². The van der Waals surface area contributed by atoms with Crippen molar-refractivity contribution >= 4 is 19.8 Å². The highest BCUT2D eigenvalue weighted by molar-refractivity contribution is 7.47. The molecule has 0 saturated carbocycles. The van der Waals surface area contributed by atoms with E-state index in [-0.39, 0.29) is 32.0 Å². The number of carbonyl (C=O) groups excluding carboxylic acids is 2. The van der Waals surface area contributed by atoms with Gasteiger partial charge < -0.3 is 25.4 Å². The van der Waals surface area contributed by atoms with Crippen LogP contribution in [0.5, 0.6) is 0 Å². The minimum Gasteiger partial charge on any atom is -0.462 e. The van der Waals surface area contributed by atoms with Gasteiger partial charge in [0, 0.05) is 32.5 Å². The van der Waals surface area contributed by atoms with Gasteiger partial charge in [0.1, 0.15) is 6.61 Å². The Bertz CT molecular complexity index is 948. The average molecular weight is 787 g/mol. The Kier molecular flexibility index (Phi) is 39.9. The quantitative estimate of drug-likeness (QED) is 0.0236. The fourth-order valence-electron chi connectivity index (χ4n) is 5.97. The molecular formula is C43H83N2O8P. The van der Waals surface area contributed by atoms with Crippen LogP contribution in [-0.2, 0) is 32.7 Å². The maximum Gasteiger partial charge on any atom is 0.472 e. The zero-order valence-electron chi connectivity index (χ0n) is 34.8. The summed E-state index contributed by atoms with van der Waals surface area (Å²) in [4.78, 5) is 35.2. The lowest BCUT2D eigenvalue weighted by Gasteiger charge is -2.20. The first-order valence-corrected chi connectivity index (χ1v) is 23.5. The van der Waals surface area contributed by atoms with Crippen LogP contribution in [0, 0.1) is 0 Å². The van der Waals surface area contributed by atoms with Crippen LogP contribution in [0.2, 0.25) is 0 Å². The highest BCUT2D eigenvalue weighted by Gasteiger charge is 2.26. The lowest BCUT2D eigenvalue weighted by Crippen LogP contribution is -2.30. The summed E-state index contributed by atoms with van der Waals surface area (Å²) in [7, 11) is -4.40. The molecule has 1 unspecified atom stereocenters. The summed E-state index contributed by atoms with van der Waals surface area (Å²) in [5.74, 6) is -0.838. The molecule has 0 amide bonds. The van der Waals surface area contributed by atoms with Gasteiger partial charge >= 0.3 is 19.8 Å². The Hall–Kier alpha value is -1.55. The van der Waals surface area contributed by atoms with Crippen LogP contribution in [-0.4, -0.2) is 62.4 Å². The highest BCUT2D eigenvalue weighted by atomic mass is 31.2. The zero-order valence-corrected chi connectivity index (χ0v) is 35.7. The molecule has 0 bridgehead atoms. The molecule has 0 aromatic heterocycles. The molecular weight excluding hydrogens is 703 g/mol. The lowest BCUT2D eigenvalue weighted by molar-refractivity contribution is -0.161. The molecule has 0 fully saturated rings. The van der Waals surface area contributed by atoms with Crippen LogP contribution in [0.4, 0.5) is 0 Å². The first kappa shape index (κ1) is 52.5. The molecule has 0 saturated heterocycles. The van der Waals surface area contributed by atoms with Crippen LogP contribution < -0.4 is 11.1 Å². The van der Waals surface area contributed by atoms with Gasteiger partial charge in [0.05, 0.1) is 13.2 Å². The largest absolute Gasteiger partial charge is 0.472 e. The van der Waals surface area contributed by atoms with E-state index in [4.69, 9.17) is 24.3 Å². The molecule has 10 nitrogen and oxygen atoms in total. The second-order valence-electron chi connectivity index (χ2n) is 14.6. The number of allylic oxidation sites excluding steroid dienone is 4. The Morgan fingerprint density at radius 1 is 0.593 bits per heavy atom. The standard InChI is InChI=1S/C43H83N2O8P/c1-3-5-7-9-11-13-15-17-19-21-23-25-27-29-31-33-42(46)50-39-41(40-52-54(48,49)51-38-37-45-36-35-44)53-43(47)34-32-30-28-26-24-22-20-18-16-14-12-10-8-6-4-2/h17-20,41,45H,3-16,21-40,44H2,1-2H3,(H,48,49)/b19-17-,20-18-/t41-/m1/s1.